The van der Waals surface area contributed by atoms with Gasteiger partial charge < -0.3 is 9.47 Å². The zero-order valence-electron chi connectivity index (χ0n) is 12.8. The van der Waals surface area contributed by atoms with Crippen LogP contribution in [-0.4, -0.2) is 28.9 Å². The highest BCUT2D eigenvalue weighted by Crippen LogP contribution is 2.31. The molecule has 23 heavy (non-hydrogen) atoms. The van der Waals surface area contributed by atoms with E-state index in [0.717, 1.165) is 11.1 Å². The van der Waals surface area contributed by atoms with Gasteiger partial charge in [-0.2, -0.15) is 5.10 Å². The third-order valence-electron chi connectivity index (χ3n) is 3.32. The summed E-state index contributed by atoms with van der Waals surface area (Å²) < 4.78 is 23.8. The zero-order chi connectivity index (χ0) is 16.2. The summed E-state index contributed by atoms with van der Waals surface area (Å²) in [7, 11) is 1.59. The molecular formula is C17H16FN3O2. The molecule has 3 rings (SSSR count). The van der Waals surface area contributed by atoms with Crippen LogP contribution in [0.4, 0.5) is 4.39 Å². The van der Waals surface area contributed by atoms with Crippen molar-refractivity contribution < 1.29 is 13.9 Å². The van der Waals surface area contributed by atoms with Gasteiger partial charge in [0.05, 0.1) is 13.7 Å². The van der Waals surface area contributed by atoms with Crippen LogP contribution in [0.25, 0.3) is 22.8 Å². The molecule has 5 nitrogen and oxygen atoms in total. The average Bonchev–Trinajstić information content (AvgIpc) is 3.06. The molecule has 0 spiro atoms. The van der Waals surface area contributed by atoms with Crippen LogP contribution in [0.5, 0.6) is 11.5 Å². The normalized spacial score (nSPS) is 10.6. The molecular weight excluding hydrogens is 297 g/mol. The van der Waals surface area contributed by atoms with Crippen molar-refractivity contribution in [3.8, 4) is 34.3 Å². The minimum atomic E-state index is -0.287. The molecule has 6 heteroatoms. The Balaban J connectivity index is 1.92. The molecule has 1 heterocycles. The predicted octanol–water partition coefficient (Wildman–Crippen LogP) is 3.69. The standard InChI is InChI=1S/C17H16FN3O2/c1-3-23-14-9-6-12(10-15(14)22-2)17-19-16(20-21-17)11-4-7-13(18)8-5-11/h4-10H,3H2,1-2H3,(H,19,20,21). The smallest absolute Gasteiger partial charge is 0.181 e. The summed E-state index contributed by atoms with van der Waals surface area (Å²) in [4.78, 5) is 4.45. The highest BCUT2D eigenvalue weighted by molar-refractivity contribution is 5.64. The lowest BCUT2D eigenvalue weighted by molar-refractivity contribution is 0.311. The summed E-state index contributed by atoms with van der Waals surface area (Å²) in [6.45, 7) is 2.47. The van der Waals surface area contributed by atoms with E-state index in [2.05, 4.69) is 15.2 Å². The number of hydrogen-bond acceptors (Lipinski definition) is 4. The van der Waals surface area contributed by atoms with Crippen molar-refractivity contribution in [1.82, 2.24) is 15.2 Å². The van der Waals surface area contributed by atoms with Gasteiger partial charge in [-0.3, -0.25) is 5.10 Å². The number of ether oxygens (including phenoxy) is 2. The molecule has 0 atom stereocenters. The molecule has 0 fully saturated rings. The van der Waals surface area contributed by atoms with Crippen molar-refractivity contribution >= 4 is 0 Å². The molecule has 2 aromatic carbocycles. The van der Waals surface area contributed by atoms with Crippen molar-refractivity contribution in [1.29, 1.82) is 0 Å². The van der Waals surface area contributed by atoms with E-state index in [1.54, 1.807) is 19.2 Å². The number of halogens is 1. The van der Waals surface area contributed by atoms with E-state index >= 15 is 0 Å². The number of benzene rings is 2. The number of aromatic nitrogens is 3. The Hall–Kier alpha value is -2.89. The highest BCUT2D eigenvalue weighted by atomic mass is 19.1. The quantitative estimate of drug-likeness (QED) is 0.780. The van der Waals surface area contributed by atoms with Gasteiger partial charge in [-0.15, -0.1) is 0 Å². The van der Waals surface area contributed by atoms with Gasteiger partial charge in [0.25, 0.3) is 0 Å². The van der Waals surface area contributed by atoms with E-state index in [1.165, 1.54) is 12.1 Å². The first kappa shape index (κ1) is 15.0. The van der Waals surface area contributed by atoms with Crippen LogP contribution in [0.15, 0.2) is 42.5 Å². The van der Waals surface area contributed by atoms with Crippen LogP contribution in [0.3, 0.4) is 0 Å². The van der Waals surface area contributed by atoms with Crippen LogP contribution in [0, 0.1) is 5.82 Å². The van der Waals surface area contributed by atoms with Crippen LogP contribution in [0.2, 0.25) is 0 Å². The van der Waals surface area contributed by atoms with Crippen LogP contribution < -0.4 is 9.47 Å². The molecule has 0 saturated carbocycles. The molecule has 0 amide bonds. The molecule has 0 bridgehead atoms. The predicted molar refractivity (Wildman–Crippen MR) is 84.9 cm³/mol. The van der Waals surface area contributed by atoms with Gasteiger partial charge in [-0.1, -0.05) is 0 Å². The van der Waals surface area contributed by atoms with Gasteiger partial charge in [0.1, 0.15) is 5.82 Å². The maximum absolute atomic E-state index is 13.0. The van der Waals surface area contributed by atoms with E-state index in [1.807, 2.05) is 25.1 Å². The number of H-pyrrole nitrogens is 1. The van der Waals surface area contributed by atoms with E-state index < -0.39 is 0 Å². The maximum atomic E-state index is 13.0. The zero-order valence-corrected chi connectivity index (χ0v) is 12.8. The van der Waals surface area contributed by atoms with Crippen molar-refractivity contribution in [2.75, 3.05) is 13.7 Å². The van der Waals surface area contributed by atoms with E-state index in [-0.39, 0.29) is 5.82 Å². The van der Waals surface area contributed by atoms with E-state index in [9.17, 15) is 4.39 Å². The second kappa shape index (κ2) is 6.48. The lowest BCUT2D eigenvalue weighted by Crippen LogP contribution is -1.95. The summed E-state index contributed by atoms with van der Waals surface area (Å²) in [5, 5.41) is 7.07. The van der Waals surface area contributed by atoms with Crippen molar-refractivity contribution in [2.24, 2.45) is 0 Å². The van der Waals surface area contributed by atoms with Crippen LogP contribution >= 0.6 is 0 Å². The lowest BCUT2D eigenvalue weighted by atomic mass is 10.2. The second-order valence-corrected chi connectivity index (χ2v) is 4.81. The largest absolute Gasteiger partial charge is 0.493 e. The SMILES string of the molecule is CCOc1ccc(-c2n[nH]c(-c3ccc(F)cc3)n2)cc1OC. The van der Waals surface area contributed by atoms with Gasteiger partial charge in [0.15, 0.2) is 23.1 Å². The Kier molecular flexibility index (Phi) is 4.23. The summed E-state index contributed by atoms with van der Waals surface area (Å²) in [6, 6.07) is 11.6. The first-order valence-corrected chi connectivity index (χ1v) is 7.21. The number of nitrogens with one attached hydrogen (secondary N) is 1. The Morgan fingerprint density at radius 1 is 1.04 bits per heavy atom. The van der Waals surface area contributed by atoms with E-state index in [4.69, 9.17) is 9.47 Å². The fraction of sp³-hybridized carbons (Fsp3) is 0.176. The minimum Gasteiger partial charge on any atom is -0.493 e. The highest BCUT2D eigenvalue weighted by Gasteiger charge is 2.11. The maximum Gasteiger partial charge on any atom is 0.181 e. The van der Waals surface area contributed by atoms with Crippen molar-refractivity contribution in [2.45, 2.75) is 6.92 Å². The number of aromatic amines is 1. The summed E-state index contributed by atoms with van der Waals surface area (Å²) in [6.07, 6.45) is 0. The summed E-state index contributed by atoms with van der Waals surface area (Å²) in [5.74, 6) is 2.12. The first-order chi connectivity index (χ1) is 11.2. The lowest BCUT2D eigenvalue weighted by Gasteiger charge is -2.09. The molecule has 0 saturated heterocycles. The number of hydrogen-bond donors (Lipinski definition) is 1. The Morgan fingerprint density at radius 2 is 1.78 bits per heavy atom. The molecule has 0 aliphatic heterocycles. The van der Waals surface area contributed by atoms with E-state index in [0.29, 0.717) is 29.8 Å². The van der Waals surface area contributed by atoms with Crippen molar-refractivity contribution in [3.05, 3.63) is 48.3 Å². The summed E-state index contributed by atoms with van der Waals surface area (Å²) >= 11 is 0. The third-order valence-corrected chi connectivity index (χ3v) is 3.32. The minimum absolute atomic E-state index is 0.287. The van der Waals surface area contributed by atoms with Gasteiger partial charge in [0, 0.05) is 11.1 Å². The molecule has 118 valence electrons. The third kappa shape index (κ3) is 3.15. The van der Waals surface area contributed by atoms with Gasteiger partial charge in [-0.25, -0.2) is 9.37 Å². The average molecular weight is 313 g/mol. The van der Waals surface area contributed by atoms with Gasteiger partial charge >= 0.3 is 0 Å². The van der Waals surface area contributed by atoms with Crippen LogP contribution in [-0.2, 0) is 0 Å². The monoisotopic (exact) mass is 313 g/mol. The fourth-order valence-corrected chi connectivity index (χ4v) is 2.21. The Labute approximate surface area is 133 Å². The van der Waals surface area contributed by atoms with Crippen LogP contribution in [0.1, 0.15) is 6.92 Å². The molecule has 3 aromatic rings. The first-order valence-electron chi connectivity index (χ1n) is 7.21. The molecule has 0 radical (unpaired) electrons. The number of methoxy groups -OCH3 is 1. The molecule has 0 unspecified atom stereocenters. The number of rotatable bonds is 5. The Bertz CT molecular complexity index is 800. The molecule has 1 N–H and O–H groups in total. The topological polar surface area (TPSA) is 60.0 Å². The van der Waals surface area contributed by atoms with Gasteiger partial charge in [0.2, 0.25) is 0 Å². The Morgan fingerprint density at radius 3 is 2.48 bits per heavy atom. The molecule has 1 aromatic heterocycles. The van der Waals surface area contributed by atoms with Crippen molar-refractivity contribution in [3.63, 3.8) is 0 Å². The molecule has 0 aliphatic carbocycles. The van der Waals surface area contributed by atoms with Gasteiger partial charge in [-0.05, 0) is 49.4 Å². The second-order valence-electron chi connectivity index (χ2n) is 4.81. The fourth-order valence-electron chi connectivity index (χ4n) is 2.21. The molecule has 0 aliphatic rings. The number of nitrogens with zero attached hydrogens (tertiary/aromatic N) is 2. The summed E-state index contributed by atoms with van der Waals surface area (Å²) in [5.41, 5.74) is 1.57.